The molecule has 2 aliphatic rings. The van der Waals surface area contributed by atoms with Gasteiger partial charge in [-0.15, -0.1) is 0 Å². The molecule has 7 rings (SSSR count). The van der Waals surface area contributed by atoms with Gasteiger partial charge in [-0.1, -0.05) is 54.6 Å². The maximum atomic E-state index is 13.3. The highest BCUT2D eigenvalue weighted by molar-refractivity contribution is 6.12. The number of morpholine rings is 1. The van der Waals surface area contributed by atoms with E-state index in [9.17, 15) is 4.79 Å². The molecular weight excluding hydrogens is 574 g/mol. The molecule has 5 aromatic carbocycles. The van der Waals surface area contributed by atoms with Gasteiger partial charge < -0.3 is 29.7 Å². The number of methoxy groups -OCH3 is 1. The van der Waals surface area contributed by atoms with Gasteiger partial charge in [0.2, 0.25) is 0 Å². The minimum atomic E-state index is -0.141. The molecule has 46 heavy (non-hydrogen) atoms. The van der Waals surface area contributed by atoms with Crippen LogP contribution in [-0.2, 0) is 17.6 Å². The van der Waals surface area contributed by atoms with Crippen molar-refractivity contribution >= 4 is 28.7 Å². The Morgan fingerprint density at radius 3 is 2.33 bits per heavy atom. The van der Waals surface area contributed by atoms with Crippen molar-refractivity contribution in [3.63, 3.8) is 0 Å². The Morgan fingerprint density at radius 2 is 1.52 bits per heavy atom. The molecule has 232 valence electrons. The summed E-state index contributed by atoms with van der Waals surface area (Å²) in [4.78, 5) is 15.6. The highest BCUT2D eigenvalue weighted by atomic mass is 16.5. The van der Waals surface area contributed by atoms with Crippen LogP contribution in [0.4, 0.5) is 22.7 Å². The van der Waals surface area contributed by atoms with Crippen molar-refractivity contribution in [1.82, 2.24) is 0 Å². The molecule has 2 aliphatic heterocycles. The highest BCUT2D eigenvalue weighted by Crippen LogP contribution is 2.36. The summed E-state index contributed by atoms with van der Waals surface area (Å²) in [6, 6.07) is 36.9. The third kappa shape index (κ3) is 6.55. The van der Waals surface area contributed by atoms with Crippen LogP contribution in [0.5, 0.6) is 11.5 Å². The number of amides is 1. The molecule has 7 heteroatoms. The zero-order valence-electron chi connectivity index (χ0n) is 25.9. The van der Waals surface area contributed by atoms with Gasteiger partial charge >= 0.3 is 0 Å². The summed E-state index contributed by atoms with van der Waals surface area (Å²) in [5, 5.41) is 6.60. The second kappa shape index (κ2) is 13.4. The first-order valence-electron chi connectivity index (χ1n) is 15.7. The standard InChI is InChI=1S/C39H37N3O4/c1-44-38-26-30(8-9-31(38)23-27-5-3-2-4-6-27)29-10-15-34-36(25-29)40-35-16-7-28(24-37(35)41-39(34)43)17-20-46-33-13-11-32(12-14-33)42-18-21-45-22-19-42/h2-16,24-26,40H,17-23H2,1H3,(H,41,43). The van der Waals surface area contributed by atoms with Crippen LogP contribution in [0, 0.1) is 0 Å². The predicted molar refractivity (Wildman–Crippen MR) is 184 cm³/mol. The van der Waals surface area contributed by atoms with Crippen LogP contribution in [0.15, 0.2) is 109 Å². The van der Waals surface area contributed by atoms with E-state index in [4.69, 9.17) is 14.2 Å². The monoisotopic (exact) mass is 611 g/mol. The molecule has 0 aromatic heterocycles. The molecule has 0 aliphatic carbocycles. The lowest BCUT2D eigenvalue weighted by Gasteiger charge is -2.28. The minimum Gasteiger partial charge on any atom is -0.496 e. The Hall–Kier alpha value is -5.27. The Kier molecular flexibility index (Phi) is 8.57. The summed E-state index contributed by atoms with van der Waals surface area (Å²) < 4.78 is 17.3. The second-order valence-corrected chi connectivity index (χ2v) is 11.6. The van der Waals surface area contributed by atoms with Crippen molar-refractivity contribution in [1.29, 1.82) is 0 Å². The van der Waals surface area contributed by atoms with Crippen molar-refractivity contribution in [2.75, 3.05) is 55.6 Å². The maximum absolute atomic E-state index is 13.3. The fourth-order valence-electron chi connectivity index (χ4n) is 6.07. The van der Waals surface area contributed by atoms with E-state index in [1.807, 2.05) is 48.5 Å². The van der Waals surface area contributed by atoms with Gasteiger partial charge in [0.25, 0.3) is 5.91 Å². The summed E-state index contributed by atoms with van der Waals surface area (Å²) in [5.74, 6) is 1.54. The molecule has 0 saturated carbocycles. The minimum absolute atomic E-state index is 0.141. The lowest BCUT2D eigenvalue weighted by Crippen LogP contribution is -2.36. The first-order chi connectivity index (χ1) is 22.6. The van der Waals surface area contributed by atoms with Crippen molar-refractivity contribution in [2.45, 2.75) is 12.8 Å². The first-order valence-corrected chi connectivity index (χ1v) is 15.7. The molecule has 1 saturated heterocycles. The number of nitrogens with zero attached hydrogens (tertiary/aromatic N) is 1. The number of anilines is 4. The summed E-state index contributed by atoms with van der Waals surface area (Å²) in [6.45, 7) is 3.89. The lowest BCUT2D eigenvalue weighted by molar-refractivity contribution is 0.102. The Bertz CT molecular complexity index is 1830. The molecule has 2 heterocycles. The topological polar surface area (TPSA) is 72.1 Å². The number of nitrogens with one attached hydrogen (secondary N) is 2. The van der Waals surface area contributed by atoms with E-state index in [1.54, 1.807) is 7.11 Å². The third-order valence-corrected chi connectivity index (χ3v) is 8.60. The van der Waals surface area contributed by atoms with Gasteiger partial charge in [-0.25, -0.2) is 0 Å². The molecule has 0 spiro atoms. The highest BCUT2D eigenvalue weighted by Gasteiger charge is 2.20. The number of fused-ring (bicyclic) bond motifs is 2. The number of carbonyl (C=O) groups excluding carboxylic acids is 1. The summed E-state index contributed by atoms with van der Waals surface area (Å²) >= 11 is 0. The smallest absolute Gasteiger partial charge is 0.257 e. The van der Waals surface area contributed by atoms with Crippen LogP contribution in [0.1, 0.15) is 27.0 Å². The summed E-state index contributed by atoms with van der Waals surface area (Å²) in [5.41, 5.74) is 9.61. The van der Waals surface area contributed by atoms with Gasteiger partial charge in [0.15, 0.2) is 0 Å². The molecule has 1 fully saturated rings. The molecule has 0 unspecified atom stereocenters. The van der Waals surface area contributed by atoms with E-state index in [-0.39, 0.29) is 5.91 Å². The quantitative estimate of drug-likeness (QED) is 0.178. The normalized spacial score (nSPS) is 13.9. The molecule has 0 radical (unpaired) electrons. The number of ether oxygens (including phenoxy) is 3. The van der Waals surface area contributed by atoms with Gasteiger partial charge in [0, 0.05) is 31.6 Å². The number of benzene rings is 5. The van der Waals surface area contributed by atoms with Crippen LogP contribution in [0.3, 0.4) is 0 Å². The van der Waals surface area contributed by atoms with Gasteiger partial charge in [-0.05, 0) is 82.4 Å². The van der Waals surface area contributed by atoms with Gasteiger partial charge in [-0.2, -0.15) is 0 Å². The molecule has 2 N–H and O–H groups in total. The number of hydrogen-bond donors (Lipinski definition) is 2. The lowest BCUT2D eigenvalue weighted by atomic mass is 9.97. The van der Waals surface area contributed by atoms with Crippen molar-refractivity contribution in [3.05, 3.63) is 131 Å². The number of carbonyl (C=O) groups is 1. The van der Waals surface area contributed by atoms with Gasteiger partial charge in [0.1, 0.15) is 11.5 Å². The fraction of sp³-hybridized carbons (Fsp3) is 0.205. The van der Waals surface area contributed by atoms with Crippen molar-refractivity contribution in [2.24, 2.45) is 0 Å². The fourth-order valence-corrected chi connectivity index (χ4v) is 6.07. The van der Waals surface area contributed by atoms with Crippen LogP contribution in [0.25, 0.3) is 11.1 Å². The van der Waals surface area contributed by atoms with E-state index >= 15 is 0 Å². The predicted octanol–water partition coefficient (Wildman–Crippen LogP) is 7.72. The van der Waals surface area contributed by atoms with E-state index in [0.717, 1.165) is 83.5 Å². The van der Waals surface area contributed by atoms with Crippen LogP contribution >= 0.6 is 0 Å². The largest absolute Gasteiger partial charge is 0.496 e. The van der Waals surface area contributed by atoms with Crippen molar-refractivity contribution in [3.8, 4) is 22.6 Å². The molecule has 0 atom stereocenters. The maximum Gasteiger partial charge on any atom is 0.257 e. The average Bonchev–Trinajstić information content (AvgIpc) is 3.24. The third-order valence-electron chi connectivity index (χ3n) is 8.60. The number of rotatable bonds is 9. The second-order valence-electron chi connectivity index (χ2n) is 11.6. The van der Waals surface area contributed by atoms with Gasteiger partial charge in [0.05, 0.1) is 49.6 Å². The van der Waals surface area contributed by atoms with Crippen LogP contribution < -0.4 is 25.0 Å². The first kappa shape index (κ1) is 29.4. The summed E-state index contributed by atoms with van der Waals surface area (Å²) in [6.07, 6.45) is 1.51. The number of hydrogen-bond acceptors (Lipinski definition) is 6. The molecular formula is C39H37N3O4. The Labute approximate surface area is 269 Å². The van der Waals surface area contributed by atoms with E-state index < -0.39 is 0 Å². The van der Waals surface area contributed by atoms with Gasteiger partial charge in [-0.3, -0.25) is 4.79 Å². The van der Waals surface area contributed by atoms with E-state index in [0.29, 0.717) is 18.6 Å². The van der Waals surface area contributed by atoms with Crippen LogP contribution in [0.2, 0.25) is 0 Å². The Morgan fingerprint density at radius 1 is 0.739 bits per heavy atom. The molecule has 0 bridgehead atoms. The van der Waals surface area contributed by atoms with E-state index in [1.165, 1.54) is 11.3 Å². The summed E-state index contributed by atoms with van der Waals surface area (Å²) in [7, 11) is 1.71. The van der Waals surface area contributed by atoms with E-state index in [2.05, 4.69) is 76.2 Å². The molecule has 7 nitrogen and oxygen atoms in total. The average molecular weight is 612 g/mol. The zero-order valence-corrected chi connectivity index (χ0v) is 25.9. The zero-order chi connectivity index (χ0) is 31.3. The Balaban J connectivity index is 1.02. The SMILES string of the molecule is COc1cc(-c2ccc3c(c2)Nc2ccc(CCOc4ccc(N5CCOCC5)cc4)cc2NC3=O)ccc1Cc1ccccc1. The molecule has 5 aromatic rings. The van der Waals surface area contributed by atoms with Crippen LogP contribution in [-0.4, -0.2) is 45.9 Å². The van der Waals surface area contributed by atoms with Crippen molar-refractivity contribution < 1.29 is 19.0 Å². The molecule has 1 amide bonds.